The molecule has 3 aromatic rings. The van der Waals surface area contributed by atoms with Gasteiger partial charge in [-0.2, -0.15) is 23.4 Å². The lowest BCUT2D eigenvalue weighted by Gasteiger charge is -2.09. The molecule has 0 aliphatic carbocycles. The molecular formula is C19H20F3N5O2. The van der Waals surface area contributed by atoms with E-state index in [4.69, 9.17) is 0 Å². The van der Waals surface area contributed by atoms with Crippen LogP contribution < -0.4 is 5.32 Å². The molecule has 0 saturated heterocycles. The van der Waals surface area contributed by atoms with E-state index in [0.717, 1.165) is 12.1 Å². The molecule has 1 aromatic carbocycles. The predicted octanol–water partition coefficient (Wildman–Crippen LogP) is 3.48. The maximum atomic E-state index is 12.4. The molecule has 1 N–H and O–H groups in total. The zero-order chi connectivity index (χ0) is 20.9. The van der Waals surface area contributed by atoms with E-state index in [0.29, 0.717) is 23.4 Å². The van der Waals surface area contributed by atoms with Gasteiger partial charge in [-0.1, -0.05) is 12.1 Å². The summed E-state index contributed by atoms with van der Waals surface area (Å²) < 4.78 is 44.6. The molecule has 154 valence electrons. The highest BCUT2D eigenvalue weighted by Gasteiger charge is 2.27. The molecule has 0 aliphatic rings. The molecule has 7 nitrogen and oxygen atoms in total. The van der Waals surface area contributed by atoms with Crippen molar-refractivity contribution in [2.24, 2.45) is 0 Å². The van der Waals surface area contributed by atoms with Crippen molar-refractivity contribution in [2.45, 2.75) is 32.8 Å². The summed E-state index contributed by atoms with van der Waals surface area (Å²) in [6.45, 7) is 1.72. The van der Waals surface area contributed by atoms with E-state index in [1.54, 1.807) is 35.3 Å². The lowest BCUT2D eigenvalue weighted by atomic mass is 10.1. The van der Waals surface area contributed by atoms with Gasteiger partial charge in [0.05, 0.1) is 31.2 Å². The first-order chi connectivity index (χ1) is 13.8. The predicted molar refractivity (Wildman–Crippen MR) is 99.3 cm³/mol. The number of ether oxygens (including phenoxy) is 1. The number of aryl methyl sites for hydroxylation is 1. The summed E-state index contributed by atoms with van der Waals surface area (Å²) in [5.41, 5.74) is 2.29. The van der Waals surface area contributed by atoms with Crippen LogP contribution >= 0.6 is 0 Å². The Bertz CT molecular complexity index is 965. The second kappa shape index (κ2) is 8.91. The van der Waals surface area contributed by atoms with Crippen LogP contribution in [-0.4, -0.2) is 38.3 Å². The fourth-order valence-corrected chi connectivity index (χ4v) is 2.65. The van der Waals surface area contributed by atoms with Crippen LogP contribution in [0.1, 0.15) is 28.4 Å². The number of carbonyl (C=O) groups is 1. The Labute approximate surface area is 165 Å². The van der Waals surface area contributed by atoms with Gasteiger partial charge in [0.25, 0.3) is 5.91 Å². The molecule has 2 aromatic heterocycles. The minimum absolute atomic E-state index is 0.232. The summed E-state index contributed by atoms with van der Waals surface area (Å²) in [6, 6.07) is 6.26. The molecule has 0 aliphatic heterocycles. The summed E-state index contributed by atoms with van der Waals surface area (Å²) >= 11 is 0. The number of rotatable bonds is 8. The third-order valence-electron chi connectivity index (χ3n) is 3.97. The Kier molecular flexibility index (Phi) is 6.32. The van der Waals surface area contributed by atoms with Crippen molar-refractivity contribution >= 4 is 11.6 Å². The van der Waals surface area contributed by atoms with Gasteiger partial charge in [-0.3, -0.25) is 14.2 Å². The monoisotopic (exact) mass is 407 g/mol. The Morgan fingerprint density at radius 2 is 1.93 bits per heavy atom. The highest BCUT2D eigenvalue weighted by molar-refractivity contribution is 6.04. The van der Waals surface area contributed by atoms with Gasteiger partial charge in [-0.05, 0) is 24.6 Å². The molecule has 0 saturated carbocycles. The molecule has 3 rings (SSSR count). The summed E-state index contributed by atoms with van der Waals surface area (Å²) in [5.74, 6) is -0.388. The minimum Gasteiger partial charge on any atom is -0.367 e. The number of aromatic nitrogens is 4. The van der Waals surface area contributed by atoms with Gasteiger partial charge in [0.2, 0.25) is 0 Å². The number of hydrogen-bond donors (Lipinski definition) is 1. The van der Waals surface area contributed by atoms with Crippen molar-refractivity contribution in [3.63, 3.8) is 0 Å². The van der Waals surface area contributed by atoms with Crippen LogP contribution in [0.5, 0.6) is 0 Å². The number of nitrogens with zero attached hydrogens (tertiary/aromatic N) is 4. The van der Waals surface area contributed by atoms with Crippen molar-refractivity contribution in [1.82, 2.24) is 19.6 Å². The van der Waals surface area contributed by atoms with Crippen LogP contribution in [0.15, 0.2) is 49.1 Å². The average molecular weight is 407 g/mol. The number of anilines is 1. The van der Waals surface area contributed by atoms with Gasteiger partial charge >= 0.3 is 6.18 Å². The molecule has 1 amide bonds. The highest BCUT2D eigenvalue weighted by atomic mass is 19.4. The Morgan fingerprint density at radius 1 is 1.14 bits per heavy atom. The van der Waals surface area contributed by atoms with Gasteiger partial charge in [-0.15, -0.1) is 0 Å². The Morgan fingerprint density at radius 3 is 2.66 bits per heavy atom. The summed E-state index contributed by atoms with van der Waals surface area (Å²) in [4.78, 5) is 12.4. The standard InChI is InChI=1S/C19H20F3N5O2/c1-2-26-9-15(7-23-26)10-27-11-17(8-24-27)25-18(28)16-5-3-4-14(6-16)12-29-13-19(20,21)22/h3-9,11H,2,10,12-13H2,1H3,(H,25,28). The largest absolute Gasteiger partial charge is 0.411 e. The number of nitrogens with one attached hydrogen (secondary N) is 1. The first-order valence-corrected chi connectivity index (χ1v) is 8.91. The summed E-state index contributed by atoms with van der Waals surface area (Å²) in [7, 11) is 0. The molecule has 2 heterocycles. The zero-order valence-corrected chi connectivity index (χ0v) is 15.7. The van der Waals surface area contributed by atoms with Crippen molar-refractivity contribution in [1.29, 1.82) is 0 Å². The fourth-order valence-electron chi connectivity index (χ4n) is 2.65. The van der Waals surface area contributed by atoms with Crippen LogP contribution in [-0.2, 0) is 24.4 Å². The van der Waals surface area contributed by atoms with Crippen LogP contribution in [0.3, 0.4) is 0 Å². The van der Waals surface area contributed by atoms with E-state index < -0.39 is 12.8 Å². The third kappa shape index (κ3) is 6.18. The van der Waals surface area contributed by atoms with E-state index in [2.05, 4.69) is 20.3 Å². The van der Waals surface area contributed by atoms with Crippen molar-refractivity contribution in [2.75, 3.05) is 11.9 Å². The molecule has 0 spiro atoms. The second-order valence-corrected chi connectivity index (χ2v) is 6.39. The first-order valence-electron chi connectivity index (χ1n) is 8.91. The molecule has 0 atom stereocenters. The van der Waals surface area contributed by atoms with Crippen LogP contribution in [0.2, 0.25) is 0 Å². The number of benzene rings is 1. The maximum Gasteiger partial charge on any atom is 0.411 e. The molecular weight excluding hydrogens is 387 g/mol. The van der Waals surface area contributed by atoms with Crippen molar-refractivity contribution in [3.05, 3.63) is 65.7 Å². The number of carbonyl (C=O) groups excluding carboxylic acids is 1. The zero-order valence-electron chi connectivity index (χ0n) is 15.7. The number of hydrogen-bond acceptors (Lipinski definition) is 4. The molecule has 29 heavy (non-hydrogen) atoms. The quantitative estimate of drug-likeness (QED) is 0.621. The van der Waals surface area contributed by atoms with Crippen molar-refractivity contribution in [3.8, 4) is 0 Å². The molecule has 0 fully saturated rings. The average Bonchev–Trinajstić information content (AvgIpc) is 3.30. The summed E-state index contributed by atoms with van der Waals surface area (Å²) in [6.07, 6.45) is 2.52. The normalized spacial score (nSPS) is 11.6. The smallest absolute Gasteiger partial charge is 0.367 e. The maximum absolute atomic E-state index is 12.4. The minimum atomic E-state index is -4.38. The van der Waals surface area contributed by atoms with E-state index in [1.807, 2.05) is 17.8 Å². The molecule has 0 unspecified atom stereocenters. The lowest BCUT2D eigenvalue weighted by Crippen LogP contribution is -2.17. The van der Waals surface area contributed by atoms with Gasteiger partial charge in [0, 0.05) is 30.1 Å². The van der Waals surface area contributed by atoms with Gasteiger partial charge in [0.1, 0.15) is 6.61 Å². The lowest BCUT2D eigenvalue weighted by molar-refractivity contribution is -0.176. The Balaban J connectivity index is 1.57. The summed E-state index contributed by atoms with van der Waals surface area (Å²) in [5, 5.41) is 11.1. The van der Waals surface area contributed by atoms with Crippen LogP contribution in [0.25, 0.3) is 0 Å². The number of halogens is 3. The SMILES string of the molecule is CCn1cc(Cn2cc(NC(=O)c3cccc(COCC(F)(F)F)c3)cn2)cn1. The third-order valence-corrected chi connectivity index (χ3v) is 3.97. The second-order valence-electron chi connectivity index (χ2n) is 6.39. The Hall–Kier alpha value is -3.14. The molecule has 0 bridgehead atoms. The number of alkyl halides is 3. The van der Waals surface area contributed by atoms with E-state index >= 15 is 0 Å². The highest BCUT2D eigenvalue weighted by Crippen LogP contribution is 2.16. The number of amides is 1. The first kappa shape index (κ1) is 20.6. The van der Waals surface area contributed by atoms with E-state index in [9.17, 15) is 18.0 Å². The van der Waals surface area contributed by atoms with Crippen molar-refractivity contribution < 1.29 is 22.7 Å². The van der Waals surface area contributed by atoms with Gasteiger partial charge < -0.3 is 10.1 Å². The molecule has 0 radical (unpaired) electrons. The van der Waals surface area contributed by atoms with E-state index in [1.165, 1.54) is 12.3 Å². The van der Waals surface area contributed by atoms with E-state index in [-0.39, 0.29) is 12.5 Å². The van der Waals surface area contributed by atoms with Crippen LogP contribution in [0, 0.1) is 0 Å². The fraction of sp³-hybridized carbons (Fsp3) is 0.316. The van der Waals surface area contributed by atoms with Gasteiger partial charge in [0.15, 0.2) is 0 Å². The molecule has 10 heteroatoms. The topological polar surface area (TPSA) is 74.0 Å². The van der Waals surface area contributed by atoms with Gasteiger partial charge in [-0.25, -0.2) is 0 Å². The van der Waals surface area contributed by atoms with Crippen LogP contribution in [0.4, 0.5) is 18.9 Å².